The van der Waals surface area contributed by atoms with Crippen molar-refractivity contribution in [1.29, 1.82) is 0 Å². The lowest BCUT2D eigenvalue weighted by atomic mass is 9.79. The molecule has 0 aromatic heterocycles. The summed E-state index contributed by atoms with van der Waals surface area (Å²) in [6, 6.07) is -1.33. The zero-order chi connectivity index (χ0) is 11.3. The Hall–Kier alpha value is -0.930. The fraction of sp³-hybridized carbons (Fsp3) is 0.818. The zero-order valence-electron chi connectivity index (χ0n) is 9.09. The molecule has 0 heterocycles. The molecular formula is C11H18FNO2. The maximum absolute atomic E-state index is 12.7. The van der Waals surface area contributed by atoms with Gasteiger partial charge in [-0.3, -0.25) is 9.59 Å². The Bertz CT molecular complexity index is 243. The van der Waals surface area contributed by atoms with Crippen LogP contribution in [0.5, 0.6) is 0 Å². The number of nitrogens with one attached hydrogen (secondary N) is 1. The van der Waals surface area contributed by atoms with Crippen molar-refractivity contribution < 1.29 is 14.0 Å². The van der Waals surface area contributed by atoms with Crippen LogP contribution in [-0.4, -0.2) is 18.5 Å². The first-order valence-electron chi connectivity index (χ1n) is 5.64. The van der Waals surface area contributed by atoms with Crippen molar-refractivity contribution in [3.8, 4) is 0 Å². The number of rotatable bonds is 4. The standard InChI is InChI=1S/C11H18FNO2/c1-2-7-13-11(15)9-6-4-3-5-8(9)10(12)14/h8-9H,2-7H2,1H3,(H,13,15)/t8-,9-/m0/s1. The molecule has 0 radical (unpaired) electrons. The molecular weight excluding hydrogens is 197 g/mol. The average molecular weight is 215 g/mol. The zero-order valence-corrected chi connectivity index (χ0v) is 9.09. The predicted octanol–water partition coefficient (Wildman–Crippen LogP) is 1.82. The van der Waals surface area contributed by atoms with Crippen LogP contribution in [0.15, 0.2) is 0 Å². The van der Waals surface area contributed by atoms with Crippen LogP contribution in [0.1, 0.15) is 39.0 Å². The van der Waals surface area contributed by atoms with Crippen molar-refractivity contribution in [1.82, 2.24) is 5.32 Å². The molecule has 0 aromatic carbocycles. The maximum atomic E-state index is 12.7. The third-order valence-corrected chi connectivity index (χ3v) is 2.94. The van der Waals surface area contributed by atoms with E-state index in [1.807, 2.05) is 6.92 Å². The van der Waals surface area contributed by atoms with Gasteiger partial charge in [0.2, 0.25) is 5.91 Å². The lowest BCUT2D eigenvalue weighted by molar-refractivity contribution is -0.142. The molecule has 3 nitrogen and oxygen atoms in total. The number of hydrogen-bond acceptors (Lipinski definition) is 2. The Morgan fingerprint density at radius 3 is 2.40 bits per heavy atom. The molecule has 1 aliphatic rings. The Morgan fingerprint density at radius 2 is 1.87 bits per heavy atom. The van der Waals surface area contributed by atoms with Crippen molar-refractivity contribution >= 4 is 11.9 Å². The first-order valence-corrected chi connectivity index (χ1v) is 5.64. The molecule has 1 aliphatic carbocycles. The summed E-state index contributed by atoms with van der Waals surface area (Å²) < 4.78 is 12.7. The van der Waals surface area contributed by atoms with Gasteiger partial charge in [0, 0.05) is 6.54 Å². The summed E-state index contributed by atoms with van der Waals surface area (Å²) >= 11 is 0. The molecule has 0 aliphatic heterocycles. The summed E-state index contributed by atoms with van der Waals surface area (Å²) in [6.45, 7) is 2.56. The monoisotopic (exact) mass is 215 g/mol. The molecule has 1 fully saturated rings. The second-order valence-electron chi connectivity index (χ2n) is 4.09. The van der Waals surface area contributed by atoms with Crippen LogP contribution in [-0.2, 0) is 9.59 Å². The summed E-state index contributed by atoms with van der Waals surface area (Å²) in [5.74, 6) is -1.30. The number of carbonyl (C=O) groups excluding carboxylic acids is 2. The highest BCUT2D eigenvalue weighted by Gasteiger charge is 2.35. The molecule has 2 atom stereocenters. The Kier molecular flexibility index (Phi) is 4.72. The number of amides is 1. The minimum absolute atomic E-state index is 0.160. The van der Waals surface area contributed by atoms with E-state index < -0.39 is 17.9 Å². The average Bonchev–Trinajstić information content (AvgIpc) is 2.25. The van der Waals surface area contributed by atoms with Crippen LogP contribution in [0.2, 0.25) is 0 Å². The highest BCUT2D eigenvalue weighted by Crippen LogP contribution is 2.31. The Balaban J connectivity index is 2.55. The molecule has 1 amide bonds. The van der Waals surface area contributed by atoms with E-state index in [4.69, 9.17) is 0 Å². The molecule has 0 spiro atoms. The van der Waals surface area contributed by atoms with Gasteiger partial charge in [0.1, 0.15) is 0 Å². The fourth-order valence-corrected chi connectivity index (χ4v) is 2.10. The van der Waals surface area contributed by atoms with Crippen molar-refractivity contribution in [3.63, 3.8) is 0 Å². The highest BCUT2D eigenvalue weighted by molar-refractivity contribution is 5.85. The van der Waals surface area contributed by atoms with Gasteiger partial charge in [-0.05, 0) is 19.3 Å². The molecule has 1 saturated carbocycles. The van der Waals surface area contributed by atoms with Crippen LogP contribution >= 0.6 is 0 Å². The van der Waals surface area contributed by atoms with Gasteiger partial charge in [0.25, 0.3) is 0 Å². The Labute approximate surface area is 89.4 Å². The van der Waals surface area contributed by atoms with Crippen LogP contribution in [0, 0.1) is 11.8 Å². The van der Waals surface area contributed by atoms with Crippen molar-refractivity contribution in [3.05, 3.63) is 0 Å². The third-order valence-electron chi connectivity index (χ3n) is 2.94. The molecule has 1 N–H and O–H groups in total. The lowest BCUT2D eigenvalue weighted by Gasteiger charge is -2.27. The topological polar surface area (TPSA) is 46.2 Å². The highest BCUT2D eigenvalue weighted by atomic mass is 19.1. The summed E-state index contributed by atoms with van der Waals surface area (Å²) in [5, 5.41) is 2.73. The van der Waals surface area contributed by atoms with E-state index in [0.29, 0.717) is 19.4 Å². The van der Waals surface area contributed by atoms with E-state index in [2.05, 4.69) is 5.32 Å². The summed E-state index contributed by atoms with van der Waals surface area (Å²) in [7, 11) is 0. The summed E-state index contributed by atoms with van der Waals surface area (Å²) in [6.07, 6.45) is 3.76. The first-order chi connectivity index (χ1) is 7.16. The van der Waals surface area contributed by atoms with Crippen LogP contribution < -0.4 is 5.32 Å². The maximum Gasteiger partial charge on any atom is 0.305 e. The number of hydrogen-bond donors (Lipinski definition) is 1. The van der Waals surface area contributed by atoms with E-state index in [-0.39, 0.29) is 5.91 Å². The lowest BCUT2D eigenvalue weighted by Crippen LogP contribution is -2.39. The second-order valence-corrected chi connectivity index (χ2v) is 4.09. The SMILES string of the molecule is CCCNC(=O)[C@H]1CCCC[C@@H]1C(=O)F. The van der Waals surface area contributed by atoms with Gasteiger partial charge in [-0.25, -0.2) is 0 Å². The first kappa shape index (κ1) is 12.1. The largest absolute Gasteiger partial charge is 0.356 e. The number of carbonyl (C=O) groups is 2. The second kappa shape index (κ2) is 5.83. The molecule has 0 saturated heterocycles. The minimum atomic E-state index is -1.33. The quantitative estimate of drug-likeness (QED) is 0.727. The van der Waals surface area contributed by atoms with E-state index in [1.54, 1.807) is 0 Å². The van der Waals surface area contributed by atoms with Gasteiger partial charge in [0.15, 0.2) is 0 Å². The molecule has 0 bridgehead atoms. The molecule has 0 unspecified atom stereocenters. The van der Waals surface area contributed by atoms with Crippen molar-refractivity contribution in [2.24, 2.45) is 11.8 Å². The smallest absolute Gasteiger partial charge is 0.305 e. The van der Waals surface area contributed by atoms with Gasteiger partial charge in [-0.1, -0.05) is 19.8 Å². The van der Waals surface area contributed by atoms with Gasteiger partial charge >= 0.3 is 6.04 Å². The molecule has 4 heteroatoms. The number of halogens is 1. The Morgan fingerprint density at radius 1 is 1.27 bits per heavy atom. The normalized spacial score (nSPS) is 26.0. The van der Waals surface area contributed by atoms with Crippen molar-refractivity contribution in [2.75, 3.05) is 6.54 Å². The van der Waals surface area contributed by atoms with Crippen molar-refractivity contribution in [2.45, 2.75) is 39.0 Å². The van der Waals surface area contributed by atoms with Crippen LogP contribution in [0.3, 0.4) is 0 Å². The van der Waals surface area contributed by atoms with Gasteiger partial charge in [0.05, 0.1) is 11.8 Å². The van der Waals surface area contributed by atoms with Gasteiger partial charge in [-0.15, -0.1) is 0 Å². The predicted molar refractivity (Wildman–Crippen MR) is 54.9 cm³/mol. The van der Waals surface area contributed by atoms with Crippen LogP contribution in [0.4, 0.5) is 4.39 Å². The fourth-order valence-electron chi connectivity index (χ4n) is 2.10. The van der Waals surface area contributed by atoms with E-state index in [1.165, 1.54) is 0 Å². The molecule has 1 rings (SSSR count). The van der Waals surface area contributed by atoms with Crippen LogP contribution in [0.25, 0.3) is 0 Å². The summed E-state index contributed by atoms with van der Waals surface area (Å²) in [5.41, 5.74) is 0. The minimum Gasteiger partial charge on any atom is -0.356 e. The third kappa shape index (κ3) is 3.29. The van der Waals surface area contributed by atoms with Gasteiger partial charge in [-0.2, -0.15) is 4.39 Å². The molecule has 15 heavy (non-hydrogen) atoms. The van der Waals surface area contributed by atoms with E-state index in [0.717, 1.165) is 19.3 Å². The van der Waals surface area contributed by atoms with E-state index in [9.17, 15) is 14.0 Å². The molecule has 86 valence electrons. The van der Waals surface area contributed by atoms with E-state index >= 15 is 0 Å². The van der Waals surface area contributed by atoms with Gasteiger partial charge < -0.3 is 5.32 Å². The molecule has 0 aromatic rings. The summed E-state index contributed by atoms with van der Waals surface area (Å²) in [4.78, 5) is 22.4.